The third-order valence-electron chi connectivity index (χ3n) is 10.4. The molecule has 0 N–H and O–H groups in total. The Kier molecular flexibility index (Phi) is 13.9. The summed E-state index contributed by atoms with van der Waals surface area (Å²) in [7, 11) is 0. The molecule has 0 unspecified atom stereocenters. The Morgan fingerprint density at radius 1 is 0.420 bits per heavy atom. The van der Waals surface area contributed by atoms with Gasteiger partial charge in [-0.05, 0) is 44.4 Å². The van der Waals surface area contributed by atoms with E-state index in [1.165, 1.54) is 10.8 Å². The number of halogens is 20. The van der Waals surface area contributed by atoms with Crippen LogP contribution in [0.3, 0.4) is 0 Å². The highest BCUT2D eigenvalue weighted by molar-refractivity contribution is 7.20. The van der Waals surface area contributed by atoms with Gasteiger partial charge in [0.05, 0.1) is 5.56 Å². The van der Waals surface area contributed by atoms with Gasteiger partial charge in [-0.3, -0.25) is 0 Å². The van der Waals surface area contributed by atoms with Crippen LogP contribution in [0, 0.1) is 116 Å². The molecule has 0 atom stereocenters. The lowest BCUT2D eigenvalue weighted by atomic mass is 9.12. The first-order valence-electron chi connectivity index (χ1n) is 19.0. The van der Waals surface area contributed by atoms with Gasteiger partial charge in [0.1, 0.15) is 58.3 Å². The Hall–Kier alpha value is -7.14. The number of nitrogens with zero attached hydrogens (tertiary/aromatic N) is 1. The van der Waals surface area contributed by atoms with E-state index in [-0.39, 0.29) is 5.97 Å². The second kappa shape index (κ2) is 18.7. The number of hydrogen-bond acceptors (Lipinski definition) is 2. The van der Waals surface area contributed by atoms with Crippen LogP contribution in [0.4, 0.5) is 87.8 Å². The number of fused-ring (bicyclic) bond motifs is 1. The first-order valence-corrected chi connectivity index (χ1v) is 19.0. The maximum atomic E-state index is 15.4. The SMILES string of the molecule is CC(C)(C)OC(=O)c1ccc(C[n+]2ccc3ccccc3c2)cc1.Fc1c(F)c(F)c([B-](c2c(F)c(F)c(F)c(F)c2F)(c2c(F)c(F)c(F)c(F)c2F)c2c(F)c(F)c(F)c(F)c2F)c(F)c1F. The molecule has 0 amide bonds. The highest BCUT2D eigenvalue weighted by atomic mass is 19.2. The van der Waals surface area contributed by atoms with Crippen LogP contribution < -0.4 is 26.4 Å². The highest BCUT2D eigenvalue weighted by Crippen LogP contribution is 2.31. The van der Waals surface area contributed by atoms with Crippen molar-refractivity contribution in [1.29, 1.82) is 0 Å². The first kappa shape index (κ1) is 51.3. The maximum Gasteiger partial charge on any atom is 0.338 e. The number of carbonyl (C=O) groups excluding carboxylic acids is 1. The van der Waals surface area contributed by atoms with Gasteiger partial charge in [0.15, 0.2) is 88.7 Å². The van der Waals surface area contributed by atoms with Gasteiger partial charge in [-0.15, -0.1) is 21.9 Å². The third-order valence-corrected chi connectivity index (χ3v) is 10.4. The topological polar surface area (TPSA) is 30.2 Å². The van der Waals surface area contributed by atoms with E-state index in [1.807, 2.05) is 57.2 Å². The number of rotatable bonds is 7. The Morgan fingerprint density at radius 3 is 1.01 bits per heavy atom. The Labute approximate surface area is 373 Å². The normalized spacial score (nSPS) is 11.8. The number of pyridine rings is 1. The molecule has 362 valence electrons. The summed E-state index contributed by atoms with van der Waals surface area (Å²) in [5.74, 6) is -71.7. The lowest BCUT2D eigenvalue weighted by Crippen LogP contribution is -2.81. The minimum Gasteiger partial charge on any atom is -0.456 e. The molecule has 7 aromatic rings. The van der Waals surface area contributed by atoms with Gasteiger partial charge in [-0.2, -0.15) is 0 Å². The molecular formula is C45H22BF20NO2. The minimum atomic E-state index is -7.22. The Morgan fingerprint density at radius 2 is 0.710 bits per heavy atom. The third kappa shape index (κ3) is 8.68. The van der Waals surface area contributed by atoms with Crippen molar-refractivity contribution in [3.05, 3.63) is 194 Å². The molecule has 0 aliphatic carbocycles. The first-order chi connectivity index (χ1) is 32.1. The van der Waals surface area contributed by atoms with Crippen molar-refractivity contribution in [2.24, 2.45) is 0 Å². The van der Waals surface area contributed by atoms with Crippen LogP contribution in [0.2, 0.25) is 0 Å². The summed E-state index contributed by atoms with van der Waals surface area (Å²) >= 11 is 0. The zero-order chi connectivity index (χ0) is 51.5. The number of aromatic nitrogens is 1. The molecule has 6 aromatic carbocycles. The molecule has 7 rings (SSSR count). The molecule has 1 heterocycles. The van der Waals surface area contributed by atoms with Gasteiger partial charge in [-0.25, -0.2) is 97.2 Å². The molecule has 0 radical (unpaired) electrons. The predicted octanol–water partition coefficient (Wildman–Crippen LogP) is 9.98. The molecule has 24 heteroatoms. The molecule has 0 saturated carbocycles. The number of esters is 1. The van der Waals surface area contributed by atoms with E-state index in [0.29, 0.717) is 5.56 Å². The molecule has 0 aliphatic rings. The van der Waals surface area contributed by atoms with E-state index in [4.69, 9.17) is 4.74 Å². The predicted molar refractivity (Wildman–Crippen MR) is 204 cm³/mol. The summed E-state index contributed by atoms with van der Waals surface area (Å²) in [6, 6.07) is 18.0. The molecule has 1 aromatic heterocycles. The Balaban J connectivity index is 0.000000273. The molecule has 0 bridgehead atoms. The maximum absolute atomic E-state index is 15.4. The van der Waals surface area contributed by atoms with Crippen molar-refractivity contribution in [1.82, 2.24) is 0 Å². The highest BCUT2D eigenvalue weighted by Gasteiger charge is 2.52. The average molecular weight is 999 g/mol. The molecule has 69 heavy (non-hydrogen) atoms. The fraction of sp³-hybridized carbons (Fsp3) is 0.111. The van der Waals surface area contributed by atoms with Crippen LogP contribution in [-0.2, 0) is 11.3 Å². The quantitative estimate of drug-likeness (QED) is 0.0398. The fourth-order valence-electron chi connectivity index (χ4n) is 7.44. The Bertz CT molecular complexity index is 2850. The fourth-order valence-corrected chi connectivity index (χ4v) is 7.44. The van der Waals surface area contributed by atoms with E-state index in [1.54, 1.807) is 0 Å². The lowest BCUT2D eigenvalue weighted by molar-refractivity contribution is -0.687. The summed E-state index contributed by atoms with van der Waals surface area (Å²) in [6.45, 7) is 6.38. The van der Waals surface area contributed by atoms with Crippen LogP contribution in [0.15, 0.2) is 67.0 Å². The number of hydrogen-bond donors (Lipinski definition) is 0. The molecule has 0 spiro atoms. The average Bonchev–Trinajstić information content (AvgIpc) is 3.31. The number of benzene rings is 6. The summed E-state index contributed by atoms with van der Waals surface area (Å²) in [4.78, 5) is 12.0. The molecule has 0 fully saturated rings. The summed E-state index contributed by atoms with van der Waals surface area (Å²) < 4.78 is 301. The van der Waals surface area contributed by atoms with Gasteiger partial charge < -0.3 is 4.74 Å². The van der Waals surface area contributed by atoms with Gasteiger partial charge in [-0.1, -0.05) is 30.3 Å². The van der Waals surface area contributed by atoms with Crippen molar-refractivity contribution in [2.45, 2.75) is 32.9 Å². The largest absolute Gasteiger partial charge is 0.456 e. The van der Waals surface area contributed by atoms with Crippen LogP contribution >= 0.6 is 0 Å². The van der Waals surface area contributed by atoms with Crippen LogP contribution in [0.1, 0.15) is 36.7 Å². The number of ether oxygens (including phenoxy) is 1. The van der Waals surface area contributed by atoms with E-state index in [0.717, 1.165) is 12.1 Å². The zero-order valence-corrected chi connectivity index (χ0v) is 34.5. The van der Waals surface area contributed by atoms with Crippen molar-refractivity contribution in [3.63, 3.8) is 0 Å². The molecule has 0 saturated heterocycles. The molecule has 3 nitrogen and oxygen atoms in total. The second-order valence-corrected chi connectivity index (χ2v) is 15.7. The van der Waals surface area contributed by atoms with E-state index in [9.17, 15) is 57.5 Å². The smallest absolute Gasteiger partial charge is 0.338 e. The van der Waals surface area contributed by atoms with Crippen LogP contribution in [-0.4, -0.2) is 17.7 Å². The minimum absolute atomic E-state index is 0.285. The van der Waals surface area contributed by atoms with Gasteiger partial charge in [0, 0.05) is 17.0 Å². The molecular weight excluding hydrogens is 977 g/mol. The standard InChI is InChI=1S/C24BF20.C21H22NO2/c26-5-1(6(27)14(35)21(42)13(5)34)25(2-7(28)15(36)22(43)16(37)8(2)29,3-9(30)17(38)23(44)18(39)10(3)31)4-11(32)19(40)24(45)20(41)12(4)33;1-21(2,3)24-20(23)18-10-8-16(9-11-18)14-22-13-12-17-6-4-5-7-19(17)15-22/h;4-13,15H,14H2,1-3H3/q-1;+1. The monoisotopic (exact) mass is 999 g/mol. The lowest BCUT2D eigenvalue weighted by Gasteiger charge is -2.44. The number of carbonyl (C=O) groups is 1. The van der Waals surface area contributed by atoms with Crippen LogP contribution in [0.5, 0.6) is 0 Å². The van der Waals surface area contributed by atoms with Crippen molar-refractivity contribution in [3.8, 4) is 0 Å². The van der Waals surface area contributed by atoms with Gasteiger partial charge in [0.2, 0.25) is 0 Å². The van der Waals surface area contributed by atoms with Gasteiger partial charge in [0.25, 0.3) is 0 Å². The summed E-state index contributed by atoms with van der Waals surface area (Å²) in [5, 5.41) is 2.44. The van der Waals surface area contributed by atoms with Crippen molar-refractivity contribution >= 4 is 44.7 Å². The van der Waals surface area contributed by atoms with Crippen molar-refractivity contribution in [2.75, 3.05) is 0 Å². The van der Waals surface area contributed by atoms with Crippen LogP contribution in [0.25, 0.3) is 10.8 Å². The van der Waals surface area contributed by atoms with Crippen molar-refractivity contribution < 1.29 is 102 Å². The van der Waals surface area contributed by atoms with Gasteiger partial charge >= 0.3 is 5.97 Å². The van der Waals surface area contributed by atoms with E-state index < -0.39 is 150 Å². The summed E-state index contributed by atoms with van der Waals surface area (Å²) in [6.07, 6.45) is -3.01. The van der Waals surface area contributed by atoms with E-state index in [2.05, 4.69) is 35.2 Å². The van der Waals surface area contributed by atoms with E-state index >= 15 is 35.1 Å². The second-order valence-electron chi connectivity index (χ2n) is 15.7. The summed E-state index contributed by atoms with van der Waals surface area (Å²) in [5.41, 5.74) is -13.1. The zero-order valence-electron chi connectivity index (χ0n) is 34.5. The molecule has 0 aliphatic heterocycles.